The van der Waals surface area contributed by atoms with Gasteiger partial charge in [0.05, 0.1) is 6.54 Å². The van der Waals surface area contributed by atoms with Gasteiger partial charge in [0.25, 0.3) is 5.91 Å². The summed E-state index contributed by atoms with van der Waals surface area (Å²) in [6.07, 6.45) is 2.91. The topological polar surface area (TPSA) is 102 Å². The number of aliphatic carboxylic acids is 1. The summed E-state index contributed by atoms with van der Waals surface area (Å²) in [4.78, 5) is 23.5. The van der Waals surface area contributed by atoms with Gasteiger partial charge in [0.15, 0.2) is 5.82 Å². The molecule has 2 aromatic heterocycles. The highest BCUT2D eigenvalue weighted by Crippen LogP contribution is 2.20. The lowest BCUT2D eigenvalue weighted by Gasteiger charge is -2.10. The Hall–Kier alpha value is -3.20. The van der Waals surface area contributed by atoms with Crippen LogP contribution in [0.4, 0.5) is 10.2 Å². The van der Waals surface area contributed by atoms with Crippen molar-refractivity contribution in [3.8, 4) is 0 Å². The molecule has 0 saturated heterocycles. The van der Waals surface area contributed by atoms with Crippen LogP contribution >= 0.6 is 11.6 Å². The second-order valence-electron chi connectivity index (χ2n) is 5.73. The van der Waals surface area contributed by atoms with Gasteiger partial charge in [-0.05, 0) is 25.1 Å². The maximum absolute atomic E-state index is 13.9. The smallest absolute Gasteiger partial charge is 0.328 e. The predicted octanol–water partition coefficient (Wildman–Crippen LogP) is 2.82. The van der Waals surface area contributed by atoms with Crippen molar-refractivity contribution in [2.45, 2.75) is 19.5 Å². The first-order chi connectivity index (χ1) is 12.9. The zero-order valence-corrected chi connectivity index (χ0v) is 14.9. The monoisotopic (exact) mass is 391 g/mol. The van der Waals surface area contributed by atoms with E-state index in [4.69, 9.17) is 16.7 Å². The van der Waals surface area contributed by atoms with Crippen LogP contribution in [0.15, 0.2) is 42.7 Å². The summed E-state index contributed by atoms with van der Waals surface area (Å²) < 4.78 is 16.4. The molecule has 0 aliphatic heterocycles. The third kappa shape index (κ3) is 3.98. The maximum Gasteiger partial charge on any atom is 0.328 e. The van der Waals surface area contributed by atoms with Crippen molar-refractivity contribution in [1.29, 1.82) is 0 Å². The van der Waals surface area contributed by atoms with Crippen LogP contribution in [0.1, 0.15) is 29.0 Å². The molecule has 0 fully saturated rings. The quantitative estimate of drug-likeness (QED) is 0.672. The number of nitrogens with one attached hydrogen (secondary N) is 1. The molecule has 140 valence electrons. The third-order valence-electron chi connectivity index (χ3n) is 3.89. The number of halogens is 2. The average Bonchev–Trinajstić information content (AvgIpc) is 3.27. The van der Waals surface area contributed by atoms with E-state index in [1.54, 1.807) is 12.3 Å². The van der Waals surface area contributed by atoms with E-state index in [0.717, 1.165) is 4.68 Å². The van der Waals surface area contributed by atoms with Crippen LogP contribution in [0, 0.1) is 5.82 Å². The van der Waals surface area contributed by atoms with Gasteiger partial charge >= 0.3 is 5.97 Å². The van der Waals surface area contributed by atoms with Crippen LogP contribution < -0.4 is 5.32 Å². The van der Waals surface area contributed by atoms with Gasteiger partial charge in [-0.1, -0.05) is 17.7 Å². The summed E-state index contributed by atoms with van der Waals surface area (Å²) in [7, 11) is 0. The maximum atomic E-state index is 13.9. The number of hydrogen-bond donors (Lipinski definition) is 2. The van der Waals surface area contributed by atoms with Crippen molar-refractivity contribution in [1.82, 2.24) is 19.6 Å². The summed E-state index contributed by atoms with van der Waals surface area (Å²) in [5.41, 5.74) is 0.366. The number of rotatable bonds is 6. The van der Waals surface area contributed by atoms with Crippen molar-refractivity contribution in [2.24, 2.45) is 0 Å². The normalized spacial score (nSPS) is 12.0. The molecule has 0 aliphatic rings. The number of carboxylic acid groups (broad SMARTS) is 1. The largest absolute Gasteiger partial charge is 0.480 e. The molecule has 0 radical (unpaired) electrons. The number of anilines is 1. The highest BCUT2D eigenvalue weighted by atomic mass is 35.5. The summed E-state index contributed by atoms with van der Waals surface area (Å²) in [6.45, 7) is 1.51. The van der Waals surface area contributed by atoms with Crippen molar-refractivity contribution < 1.29 is 19.1 Å². The Morgan fingerprint density at radius 3 is 2.81 bits per heavy atom. The second-order valence-corrected chi connectivity index (χ2v) is 6.14. The molecule has 8 nitrogen and oxygen atoms in total. The molecular formula is C17H15ClFN5O3. The molecule has 3 rings (SSSR count). The van der Waals surface area contributed by atoms with Crippen LogP contribution in [-0.2, 0) is 11.3 Å². The molecule has 1 amide bonds. The Bertz CT molecular complexity index is 980. The van der Waals surface area contributed by atoms with Gasteiger partial charge in [0, 0.05) is 29.0 Å². The van der Waals surface area contributed by atoms with Crippen LogP contribution in [0.25, 0.3) is 0 Å². The van der Waals surface area contributed by atoms with Gasteiger partial charge in [0.2, 0.25) is 0 Å². The lowest BCUT2D eigenvalue weighted by molar-refractivity contribution is -0.140. The molecule has 0 spiro atoms. The summed E-state index contributed by atoms with van der Waals surface area (Å²) in [6, 6.07) is 6.34. The van der Waals surface area contributed by atoms with E-state index in [1.165, 1.54) is 42.1 Å². The molecule has 1 aromatic carbocycles. The molecule has 1 atom stereocenters. The minimum absolute atomic E-state index is 0.0802. The minimum atomic E-state index is -1.11. The van der Waals surface area contributed by atoms with E-state index in [9.17, 15) is 14.0 Å². The predicted molar refractivity (Wildman–Crippen MR) is 95.3 cm³/mol. The lowest BCUT2D eigenvalue weighted by Crippen LogP contribution is -2.24. The van der Waals surface area contributed by atoms with E-state index < -0.39 is 23.7 Å². The number of carboxylic acids is 1. The fourth-order valence-electron chi connectivity index (χ4n) is 2.45. The van der Waals surface area contributed by atoms with E-state index in [1.807, 2.05) is 0 Å². The van der Waals surface area contributed by atoms with Gasteiger partial charge in [-0.3, -0.25) is 9.48 Å². The van der Waals surface area contributed by atoms with Gasteiger partial charge in [0.1, 0.15) is 17.6 Å². The molecule has 10 heteroatoms. The Kier molecular flexibility index (Phi) is 5.22. The molecule has 2 heterocycles. The number of carbonyl (C=O) groups excluding carboxylic acids is 1. The summed E-state index contributed by atoms with van der Waals surface area (Å²) >= 11 is 6.00. The molecule has 3 aromatic rings. The molecular weight excluding hydrogens is 377 g/mol. The van der Waals surface area contributed by atoms with E-state index >= 15 is 0 Å². The second kappa shape index (κ2) is 7.58. The first-order valence-electron chi connectivity index (χ1n) is 7.91. The highest BCUT2D eigenvalue weighted by Gasteiger charge is 2.21. The van der Waals surface area contributed by atoms with Crippen molar-refractivity contribution in [3.05, 3.63) is 64.8 Å². The minimum Gasteiger partial charge on any atom is -0.480 e. The van der Waals surface area contributed by atoms with Gasteiger partial charge in [-0.2, -0.15) is 10.2 Å². The van der Waals surface area contributed by atoms with Gasteiger partial charge in [-0.15, -0.1) is 0 Å². The van der Waals surface area contributed by atoms with Crippen molar-refractivity contribution >= 4 is 29.3 Å². The van der Waals surface area contributed by atoms with Crippen molar-refractivity contribution in [3.63, 3.8) is 0 Å². The molecule has 1 unspecified atom stereocenters. The molecule has 2 N–H and O–H groups in total. The number of carbonyl (C=O) groups is 2. The zero-order valence-electron chi connectivity index (χ0n) is 14.1. The Balaban J connectivity index is 1.74. The van der Waals surface area contributed by atoms with Crippen LogP contribution in [0.5, 0.6) is 0 Å². The van der Waals surface area contributed by atoms with E-state index in [-0.39, 0.29) is 28.6 Å². The Morgan fingerprint density at radius 1 is 1.33 bits per heavy atom. The SMILES string of the molecule is CC(C(=O)O)n1nccc1C(=O)Nc1ccn(Cc2c(F)cccc2Cl)n1. The highest BCUT2D eigenvalue weighted by molar-refractivity contribution is 6.31. The fraction of sp³-hybridized carbons (Fsp3) is 0.176. The van der Waals surface area contributed by atoms with E-state index in [2.05, 4.69) is 15.5 Å². The van der Waals surface area contributed by atoms with Gasteiger partial charge < -0.3 is 10.4 Å². The number of nitrogens with zero attached hydrogens (tertiary/aromatic N) is 4. The number of hydrogen-bond acceptors (Lipinski definition) is 4. The lowest BCUT2D eigenvalue weighted by atomic mass is 10.2. The fourth-order valence-corrected chi connectivity index (χ4v) is 2.67. The van der Waals surface area contributed by atoms with Crippen LogP contribution in [0.3, 0.4) is 0 Å². The zero-order chi connectivity index (χ0) is 19.6. The first kappa shape index (κ1) is 18.6. The molecule has 0 saturated carbocycles. The Labute approximate surface area is 158 Å². The number of amides is 1. The molecule has 27 heavy (non-hydrogen) atoms. The third-order valence-corrected chi connectivity index (χ3v) is 4.25. The van der Waals surface area contributed by atoms with E-state index in [0.29, 0.717) is 0 Å². The molecule has 0 bridgehead atoms. The Morgan fingerprint density at radius 2 is 2.11 bits per heavy atom. The van der Waals surface area contributed by atoms with Gasteiger partial charge in [-0.25, -0.2) is 13.9 Å². The van der Waals surface area contributed by atoms with Crippen LogP contribution in [-0.4, -0.2) is 36.5 Å². The number of benzene rings is 1. The summed E-state index contributed by atoms with van der Waals surface area (Å²) in [5, 5.41) is 20.0. The molecule has 0 aliphatic carbocycles. The average molecular weight is 392 g/mol. The number of aromatic nitrogens is 4. The standard InChI is InChI=1S/C17H15ClFN5O3/c1-10(17(26)27)24-14(5-7-20-24)16(25)21-15-6-8-23(22-15)9-11-12(18)3-2-4-13(11)19/h2-8,10H,9H2,1H3,(H,26,27)(H,21,22,25). The summed E-state index contributed by atoms with van der Waals surface area (Å²) in [5.74, 6) is -1.90. The van der Waals surface area contributed by atoms with Crippen LogP contribution in [0.2, 0.25) is 5.02 Å². The first-order valence-corrected chi connectivity index (χ1v) is 8.28. The van der Waals surface area contributed by atoms with Crippen molar-refractivity contribution in [2.75, 3.05) is 5.32 Å².